The number of carboxylic acids is 1. The normalized spacial score (nSPS) is 12.4. The van der Waals surface area contributed by atoms with Gasteiger partial charge in [-0.3, -0.25) is 4.79 Å². The van der Waals surface area contributed by atoms with Crippen molar-refractivity contribution in [3.63, 3.8) is 0 Å². The molecule has 76 valence electrons. The van der Waals surface area contributed by atoms with E-state index < -0.39 is 11.9 Å². The van der Waals surface area contributed by atoms with E-state index in [1.807, 2.05) is 13.8 Å². The maximum absolute atomic E-state index is 10.9. The minimum atomic E-state index is -0.829. The molecule has 0 amide bonds. The monoisotopic (exact) mass is 194 g/mol. The molecule has 1 heterocycles. The van der Waals surface area contributed by atoms with Crippen LogP contribution >= 0.6 is 0 Å². The first-order valence-electron chi connectivity index (χ1n) is 4.68. The molecule has 0 fully saturated rings. The van der Waals surface area contributed by atoms with E-state index in [-0.39, 0.29) is 0 Å². The molecule has 14 heavy (non-hydrogen) atoms. The maximum atomic E-state index is 10.9. The van der Waals surface area contributed by atoms with E-state index in [0.717, 1.165) is 12.1 Å². The molecule has 1 rings (SSSR count). The Hall–Kier alpha value is -1.45. The molecule has 4 nitrogen and oxygen atoms in total. The van der Waals surface area contributed by atoms with Gasteiger partial charge in [0.2, 0.25) is 0 Å². The van der Waals surface area contributed by atoms with Gasteiger partial charge in [0.1, 0.15) is 5.92 Å². The fourth-order valence-corrected chi connectivity index (χ4v) is 1.28. The van der Waals surface area contributed by atoms with Crippen LogP contribution in [-0.4, -0.2) is 21.3 Å². The van der Waals surface area contributed by atoms with Crippen molar-refractivity contribution in [1.82, 2.24) is 10.2 Å². The first-order chi connectivity index (χ1) is 6.65. The van der Waals surface area contributed by atoms with E-state index in [9.17, 15) is 4.79 Å². The van der Waals surface area contributed by atoms with Crippen LogP contribution in [-0.2, 0) is 4.79 Å². The van der Waals surface area contributed by atoms with E-state index in [0.29, 0.717) is 12.1 Å². The molecule has 0 aliphatic heterocycles. The van der Waals surface area contributed by atoms with Crippen molar-refractivity contribution in [2.24, 2.45) is 0 Å². The van der Waals surface area contributed by atoms with Crippen LogP contribution in [0.4, 0.5) is 0 Å². The van der Waals surface area contributed by atoms with Gasteiger partial charge in [0.15, 0.2) is 0 Å². The van der Waals surface area contributed by atoms with Gasteiger partial charge in [0.05, 0.1) is 11.4 Å². The summed E-state index contributed by atoms with van der Waals surface area (Å²) in [7, 11) is 0. The van der Waals surface area contributed by atoms with Crippen LogP contribution in [0.5, 0.6) is 0 Å². The van der Waals surface area contributed by atoms with Crippen molar-refractivity contribution >= 4 is 5.97 Å². The molecule has 4 heteroatoms. The molecule has 0 aromatic carbocycles. The Morgan fingerprint density at radius 3 is 2.64 bits per heavy atom. The average Bonchev–Trinajstić information content (AvgIpc) is 2.15. The molecule has 0 aliphatic carbocycles. The first-order valence-corrected chi connectivity index (χ1v) is 4.68. The quantitative estimate of drug-likeness (QED) is 0.793. The van der Waals surface area contributed by atoms with Crippen LogP contribution in [0.1, 0.15) is 37.1 Å². The summed E-state index contributed by atoms with van der Waals surface area (Å²) in [6.07, 6.45) is 1.43. The van der Waals surface area contributed by atoms with Gasteiger partial charge in [-0.05, 0) is 25.5 Å². The third kappa shape index (κ3) is 2.52. The van der Waals surface area contributed by atoms with Crippen molar-refractivity contribution in [3.8, 4) is 0 Å². The highest BCUT2D eigenvalue weighted by atomic mass is 16.4. The van der Waals surface area contributed by atoms with E-state index in [1.165, 1.54) is 0 Å². The zero-order chi connectivity index (χ0) is 10.6. The van der Waals surface area contributed by atoms with E-state index in [2.05, 4.69) is 10.2 Å². The van der Waals surface area contributed by atoms with Crippen LogP contribution < -0.4 is 0 Å². The summed E-state index contributed by atoms with van der Waals surface area (Å²) in [4.78, 5) is 10.9. The van der Waals surface area contributed by atoms with Gasteiger partial charge in [-0.2, -0.15) is 10.2 Å². The number of carbonyl (C=O) groups is 1. The van der Waals surface area contributed by atoms with E-state index >= 15 is 0 Å². The lowest BCUT2D eigenvalue weighted by molar-refractivity contribution is -0.139. The number of carboxylic acid groups (broad SMARTS) is 1. The Morgan fingerprint density at radius 2 is 2.21 bits per heavy atom. The Balaban J connectivity index is 2.87. The Kier molecular flexibility index (Phi) is 3.56. The summed E-state index contributed by atoms with van der Waals surface area (Å²) < 4.78 is 0. The number of aromatic nitrogens is 2. The van der Waals surface area contributed by atoms with E-state index in [1.54, 1.807) is 12.1 Å². The second kappa shape index (κ2) is 4.69. The number of rotatable bonds is 4. The fraction of sp³-hybridized carbons (Fsp3) is 0.500. The number of nitrogens with zero attached hydrogens (tertiary/aromatic N) is 2. The minimum Gasteiger partial charge on any atom is -0.481 e. The predicted octanol–water partition coefficient (Wildman–Crippen LogP) is 1.75. The Labute approximate surface area is 83.0 Å². The van der Waals surface area contributed by atoms with E-state index in [4.69, 9.17) is 5.11 Å². The number of hydrogen-bond donors (Lipinski definition) is 1. The molecule has 1 unspecified atom stereocenters. The summed E-state index contributed by atoms with van der Waals surface area (Å²) >= 11 is 0. The standard InChI is InChI=1S/C10H14N2O2/c1-3-4-8(10(13)14)9-6-5-7(2)11-12-9/h5-6,8H,3-4H2,1-2H3,(H,13,14). The minimum absolute atomic E-state index is 0.520. The lowest BCUT2D eigenvalue weighted by Crippen LogP contribution is -2.13. The third-order valence-electron chi connectivity index (χ3n) is 2.05. The summed E-state index contributed by atoms with van der Waals surface area (Å²) in [6, 6.07) is 3.52. The molecule has 0 saturated carbocycles. The molecular formula is C10H14N2O2. The van der Waals surface area contributed by atoms with Crippen molar-refractivity contribution in [3.05, 3.63) is 23.5 Å². The average molecular weight is 194 g/mol. The molecule has 1 aromatic heterocycles. The second-order valence-electron chi connectivity index (χ2n) is 3.28. The van der Waals surface area contributed by atoms with Gasteiger partial charge in [-0.25, -0.2) is 0 Å². The number of aliphatic carboxylic acids is 1. The van der Waals surface area contributed by atoms with Gasteiger partial charge < -0.3 is 5.11 Å². The van der Waals surface area contributed by atoms with Gasteiger partial charge in [-0.1, -0.05) is 13.3 Å². The summed E-state index contributed by atoms with van der Waals surface area (Å²) in [5, 5.41) is 16.7. The third-order valence-corrected chi connectivity index (χ3v) is 2.05. The largest absolute Gasteiger partial charge is 0.481 e. The maximum Gasteiger partial charge on any atom is 0.312 e. The molecule has 0 aliphatic rings. The molecule has 0 spiro atoms. The van der Waals surface area contributed by atoms with Crippen LogP contribution in [0.25, 0.3) is 0 Å². The summed E-state index contributed by atoms with van der Waals surface area (Å²) in [5.74, 6) is -1.35. The van der Waals surface area contributed by atoms with Crippen LogP contribution in [0.2, 0.25) is 0 Å². The van der Waals surface area contributed by atoms with Gasteiger partial charge in [0.25, 0.3) is 0 Å². The predicted molar refractivity (Wildman–Crippen MR) is 52.1 cm³/mol. The Bertz CT molecular complexity index is 308. The molecule has 0 saturated heterocycles. The lowest BCUT2D eigenvalue weighted by Gasteiger charge is -2.09. The van der Waals surface area contributed by atoms with Crippen molar-refractivity contribution < 1.29 is 9.90 Å². The van der Waals surface area contributed by atoms with Gasteiger partial charge in [0, 0.05) is 0 Å². The summed E-state index contributed by atoms with van der Waals surface area (Å²) in [6.45, 7) is 3.78. The second-order valence-corrected chi connectivity index (χ2v) is 3.28. The fourth-order valence-electron chi connectivity index (χ4n) is 1.28. The number of hydrogen-bond acceptors (Lipinski definition) is 3. The molecule has 1 N–H and O–H groups in total. The van der Waals surface area contributed by atoms with Gasteiger partial charge in [-0.15, -0.1) is 0 Å². The summed E-state index contributed by atoms with van der Waals surface area (Å²) in [5.41, 5.74) is 1.35. The molecule has 1 atom stereocenters. The highest BCUT2D eigenvalue weighted by molar-refractivity contribution is 5.75. The highest BCUT2D eigenvalue weighted by Gasteiger charge is 2.20. The zero-order valence-electron chi connectivity index (χ0n) is 8.40. The lowest BCUT2D eigenvalue weighted by atomic mass is 10.00. The van der Waals surface area contributed by atoms with Crippen molar-refractivity contribution in [1.29, 1.82) is 0 Å². The van der Waals surface area contributed by atoms with Crippen molar-refractivity contribution in [2.75, 3.05) is 0 Å². The highest BCUT2D eigenvalue weighted by Crippen LogP contribution is 2.18. The number of aryl methyl sites for hydroxylation is 1. The smallest absolute Gasteiger partial charge is 0.312 e. The molecular weight excluding hydrogens is 180 g/mol. The molecule has 1 aromatic rings. The van der Waals surface area contributed by atoms with Gasteiger partial charge >= 0.3 is 5.97 Å². The first kappa shape index (κ1) is 10.6. The van der Waals surface area contributed by atoms with Crippen LogP contribution in [0.3, 0.4) is 0 Å². The topological polar surface area (TPSA) is 63.1 Å². The van der Waals surface area contributed by atoms with Crippen LogP contribution in [0, 0.1) is 6.92 Å². The van der Waals surface area contributed by atoms with Crippen molar-refractivity contribution in [2.45, 2.75) is 32.6 Å². The Morgan fingerprint density at radius 1 is 1.50 bits per heavy atom. The SMILES string of the molecule is CCCC(C(=O)O)c1ccc(C)nn1. The molecule has 0 bridgehead atoms. The zero-order valence-corrected chi connectivity index (χ0v) is 8.40. The van der Waals surface area contributed by atoms with Crippen LogP contribution in [0.15, 0.2) is 12.1 Å². The molecule has 0 radical (unpaired) electrons.